The van der Waals surface area contributed by atoms with Gasteiger partial charge in [-0.05, 0) is 18.9 Å². The Morgan fingerprint density at radius 3 is 2.81 bits per heavy atom. The van der Waals surface area contributed by atoms with Crippen molar-refractivity contribution in [3.8, 4) is 0 Å². The topological polar surface area (TPSA) is 58.4 Å². The quantitative estimate of drug-likeness (QED) is 0.799. The SMILES string of the molecule is O=C(CCn1cccn1)N1CCC(O)CC1. The summed E-state index contributed by atoms with van der Waals surface area (Å²) in [5, 5.41) is 13.4. The number of aryl methyl sites for hydroxylation is 1. The minimum Gasteiger partial charge on any atom is -0.393 e. The van der Waals surface area contributed by atoms with Crippen LogP contribution in [0.1, 0.15) is 19.3 Å². The molecule has 1 N–H and O–H groups in total. The van der Waals surface area contributed by atoms with Crippen LogP contribution >= 0.6 is 0 Å². The maximum atomic E-state index is 11.8. The summed E-state index contributed by atoms with van der Waals surface area (Å²) in [4.78, 5) is 13.6. The Morgan fingerprint density at radius 1 is 1.44 bits per heavy atom. The van der Waals surface area contributed by atoms with Crippen LogP contribution in [-0.2, 0) is 11.3 Å². The number of carbonyl (C=O) groups is 1. The highest BCUT2D eigenvalue weighted by Crippen LogP contribution is 2.11. The van der Waals surface area contributed by atoms with E-state index >= 15 is 0 Å². The van der Waals surface area contributed by atoms with Crippen molar-refractivity contribution in [2.24, 2.45) is 0 Å². The molecule has 0 aromatic carbocycles. The standard InChI is InChI=1S/C11H17N3O2/c15-10-2-7-13(8-3-10)11(16)4-9-14-6-1-5-12-14/h1,5-6,10,15H,2-4,7-9H2. The molecule has 1 aromatic rings. The van der Waals surface area contributed by atoms with Crippen LogP contribution in [0, 0.1) is 0 Å². The van der Waals surface area contributed by atoms with E-state index in [0.717, 1.165) is 0 Å². The molecular weight excluding hydrogens is 206 g/mol. The normalized spacial score (nSPS) is 17.7. The molecule has 1 saturated heterocycles. The number of hydrogen-bond donors (Lipinski definition) is 1. The number of hydrogen-bond acceptors (Lipinski definition) is 3. The van der Waals surface area contributed by atoms with E-state index in [4.69, 9.17) is 0 Å². The molecular formula is C11H17N3O2. The van der Waals surface area contributed by atoms with Gasteiger partial charge in [0, 0.05) is 38.4 Å². The summed E-state index contributed by atoms with van der Waals surface area (Å²) >= 11 is 0. The Bertz CT molecular complexity index is 329. The smallest absolute Gasteiger partial charge is 0.224 e. The first-order valence-electron chi connectivity index (χ1n) is 5.69. The van der Waals surface area contributed by atoms with E-state index in [1.165, 1.54) is 0 Å². The van der Waals surface area contributed by atoms with Crippen molar-refractivity contribution in [2.75, 3.05) is 13.1 Å². The van der Waals surface area contributed by atoms with Gasteiger partial charge in [0.25, 0.3) is 0 Å². The monoisotopic (exact) mass is 223 g/mol. The van der Waals surface area contributed by atoms with Gasteiger partial charge in [-0.1, -0.05) is 0 Å². The number of rotatable bonds is 3. The summed E-state index contributed by atoms with van der Waals surface area (Å²) < 4.78 is 1.76. The predicted octanol–water partition coefficient (Wildman–Crippen LogP) is 0.257. The minimum atomic E-state index is -0.227. The summed E-state index contributed by atoms with van der Waals surface area (Å²) in [6.45, 7) is 1.99. The van der Waals surface area contributed by atoms with Gasteiger partial charge in [-0.3, -0.25) is 9.48 Å². The highest BCUT2D eigenvalue weighted by atomic mass is 16.3. The maximum absolute atomic E-state index is 11.8. The van der Waals surface area contributed by atoms with Crippen LogP contribution in [0.5, 0.6) is 0 Å². The molecule has 2 heterocycles. The largest absolute Gasteiger partial charge is 0.393 e. The average molecular weight is 223 g/mol. The number of aliphatic hydroxyl groups is 1. The average Bonchev–Trinajstić information content (AvgIpc) is 2.80. The second-order valence-corrected chi connectivity index (χ2v) is 4.13. The molecule has 2 rings (SSSR count). The van der Waals surface area contributed by atoms with E-state index in [-0.39, 0.29) is 12.0 Å². The fourth-order valence-corrected chi connectivity index (χ4v) is 1.92. The van der Waals surface area contributed by atoms with Gasteiger partial charge >= 0.3 is 0 Å². The van der Waals surface area contributed by atoms with Crippen molar-refractivity contribution >= 4 is 5.91 Å². The lowest BCUT2D eigenvalue weighted by Gasteiger charge is -2.29. The van der Waals surface area contributed by atoms with Gasteiger partial charge in [0.05, 0.1) is 6.10 Å². The number of nitrogens with zero attached hydrogens (tertiary/aromatic N) is 3. The molecule has 0 bridgehead atoms. The van der Waals surface area contributed by atoms with Crippen LogP contribution in [0.25, 0.3) is 0 Å². The fraction of sp³-hybridized carbons (Fsp3) is 0.636. The number of likely N-dealkylation sites (tertiary alicyclic amines) is 1. The molecule has 1 aliphatic rings. The Labute approximate surface area is 94.7 Å². The van der Waals surface area contributed by atoms with Crippen molar-refractivity contribution in [1.82, 2.24) is 14.7 Å². The van der Waals surface area contributed by atoms with Gasteiger partial charge in [0.1, 0.15) is 0 Å². The van der Waals surface area contributed by atoms with E-state index in [1.54, 1.807) is 10.9 Å². The second kappa shape index (κ2) is 5.12. The van der Waals surface area contributed by atoms with Crippen molar-refractivity contribution in [2.45, 2.75) is 31.9 Å². The summed E-state index contributed by atoms with van der Waals surface area (Å²) in [5.74, 6) is 0.155. The van der Waals surface area contributed by atoms with Crippen LogP contribution in [0.15, 0.2) is 18.5 Å². The zero-order chi connectivity index (χ0) is 11.4. The Kier molecular flexibility index (Phi) is 3.56. The van der Waals surface area contributed by atoms with E-state index < -0.39 is 0 Å². The first-order valence-corrected chi connectivity index (χ1v) is 5.69. The molecule has 0 radical (unpaired) electrons. The summed E-state index contributed by atoms with van der Waals surface area (Å²) in [6.07, 6.45) is 5.23. The maximum Gasteiger partial charge on any atom is 0.224 e. The molecule has 1 fully saturated rings. The van der Waals surface area contributed by atoms with Gasteiger partial charge in [-0.2, -0.15) is 5.10 Å². The summed E-state index contributed by atoms with van der Waals surface area (Å²) in [7, 11) is 0. The van der Waals surface area contributed by atoms with Gasteiger partial charge in [0.15, 0.2) is 0 Å². The number of aliphatic hydroxyl groups excluding tert-OH is 1. The molecule has 0 aliphatic carbocycles. The molecule has 5 heteroatoms. The van der Waals surface area contributed by atoms with E-state index in [1.807, 2.05) is 17.2 Å². The Balaban J connectivity index is 1.75. The van der Waals surface area contributed by atoms with Gasteiger partial charge in [-0.25, -0.2) is 0 Å². The van der Waals surface area contributed by atoms with Gasteiger partial charge < -0.3 is 10.0 Å². The van der Waals surface area contributed by atoms with Crippen molar-refractivity contribution < 1.29 is 9.90 Å². The van der Waals surface area contributed by atoms with Crippen LogP contribution < -0.4 is 0 Å². The van der Waals surface area contributed by atoms with Crippen LogP contribution in [-0.4, -0.2) is 44.9 Å². The molecule has 0 unspecified atom stereocenters. The molecule has 0 atom stereocenters. The molecule has 0 saturated carbocycles. The fourth-order valence-electron chi connectivity index (χ4n) is 1.92. The van der Waals surface area contributed by atoms with Crippen LogP contribution in [0.3, 0.4) is 0 Å². The number of carbonyl (C=O) groups excluding carboxylic acids is 1. The van der Waals surface area contributed by atoms with Crippen LogP contribution in [0.2, 0.25) is 0 Å². The molecule has 88 valence electrons. The third-order valence-electron chi connectivity index (χ3n) is 2.93. The number of amides is 1. The van der Waals surface area contributed by atoms with Crippen molar-refractivity contribution in [3.05, 3.63) is 18.5 Å². The van der Waals surface area contributed by atoms with Gasteiger partial charge in [0.2, 0.25) is 5.91 Å². The molecule has 1 aliphatic heterocycles. The zero-order valence-electron chi connectivity index (χ0n) is 9.25. The highest BCUT2D eigenvalue weighted by Gasteiger charge is 2.20. The summed E-state index contributed by atoms with van der Waals surface area (Å²) in [6, 6.07) is 1.85. The number of piperidine rings is 1. The molecule has 0 spiro atoms. The van der Waals surface area contributed by atoms with Gasteiger partial charge in [-0.15, -0.1) is 0 Å². The Morgan fingerprint density at radius 2 is 2.19 bits per heavy atom. The lowest BCUT2D eigenvalue weighted by atomic mass is 10.1. The predicted molar refractivity (Wildman–Crippen MR) is 58.7 cm³/mol. The summed E-state index contributed by atoms with van der Waals surface area (Å²) in [5.41, 5.74) is 0. The van der Waals surface area contributed by atoms with E-state index in [9.17, 15) is 9.90 Å². The van der Waals surface area contributed by atoms with Crippen molar-refractivity contribution in [1.29, 1.82) is 0 Å². The van der Waals surface area contributed by atoms with Crippen molar-refractivity contribution in [3.63, 3.8) is 0 Å². The zero-order valence-corrected chi connectivity index (χ0v) is 9.25. The molecule has 1 aromatic heterocycles. The first kappa shape index (κ1) is 11.1. The first-order chi connectivity index (χ1) is 7.75. The number of aromatic nitrogens is 2. The lowest BCUT2D eigenvalue weighted by Crippen LogP contribution is -2.40. The highest BCUT2D eigenvalue weighted by molar-refractivity contribution is 5.76. The van der Waals surface area contributed by atoms with E-state index in [2.05, 4.69) is 5.10 Å². The lowest BCUT2D eigenvalue weighted by molar-refractivity contribution is -0.133. The Hall–Kier alpha value is -1.36. The second-order valence-electron chi connectivity index (χ2n) is 4.13. The third kappa shape index (κ3) is 2.82. The molecule has 16 heavy (non-hydrogen) atoms. The molecule has 1 amide bonds. The molecule has 5 nitrogen and oxygen atoms in total. The third-order valence-corrected chi connectivity index (χ3v) is 2.93. The van der Waals surface area contributed by atoms with E-state index in [0.29, 0.717) is 38.9 Å². The van der Waals surface area contributed by atoms with Crippen LogP contribution in [0.4, 0.5) is 0 Å². The minimum absolute atomic E-state index is 0.155.